The van der Waals surface area contributed by atoms with Gasteiger partial charge in [0, 0.05) is 37.1 Å². The average molecular weight is 509 g/mol. The van der Waals surface area contributed by atoms with Crippen LogP contribution in [0, 0.1) is 17.5 Å². The van der Waals surface area contributed by atoms with Crippen LogP contribution in [0.1, 0.15) is 24.1 Å². The third-order valence-corrected chi connectivity index (χ3v) is 6.13. The van der Waals surface area contributed by atoms with E-state index in [-0.39, 0.29) is 35.1 Å². The molecular weight excluding hydrogens is 491 g/mol. The number of amides is 1. The van der Waals surface area contributed by atoms with Crippen molar-refractivity contribution in [3.8, 4) is 17.4 Å². The molecule has 4 rings (SSSR count). The van der Waals surface area contributed by atoms with Gasteiger partial charge in [-0.2, -0.15) is 8.42 Å². The van der Waals surface area contributed by atoms with Crippen LogP contribution in [0.25, 0.3) is 0 Å². The molecule has 1 aliphatic heterocycles. The van der Waals surface area contributed by atoms with Crippen molar-refractivity contribution in [2.75, 3.05) is 11.8 Å². The van der Waals surface area contributed by atoms with Gasteiger partial charge in [-0.25, -0.2) is 32.7 Å². The molecule has 0 saturated heterocycles. The van der Waals surface area contributed by atoms with E-state index < -0.39 is 45.6 Å². The topological polar surface area (TPSA) is 123 Å². The molecule has 1 aromatic carbocycles. The molecule has 2 aromatic heterocycles. The van der Waals surface area contributed by atoms with Gasteiger partial charge in [-0.1, -0.05) is 0 Å². The van der Waals surface area contributed by atoms with Crippen molar-refractivity contribution < 1.29 is 35.9 Å². The number of anilines is 1. The van der Waals surface area contributed by atoms with Gasteiger partial charge in [-0.05, 0) is 25.1 Å². The summed E-state index contributed by atoms with van der Waals surface area (Å²) in [6, 6.07) is 5.02. The van der Waals surface area contributed by atoms with Crippen LogP contribution in [0.2, 0.25) is 0 Å². The predicted molar refractivity (Wildman–Crippen MR) is 116 cm³/mol. The first-order chi connectivity index (χ1) is 16.6. The number of pyridine rings is 2. The van der Waals surface area contributed by atoms with Gasteiger partial charge in [0.2, 0.25) is 0 Å². The van der Waals surface area contributed by atoms with Crippen molar-refractivity contribution >= 4 is 22.1 Å². The Morgan fingerprint density at radius 1 is 1.14 bits per heavy atom. The van der Waals surface area contributed by atoms with E-state index in [1.807, 2.05) is 9.44 Å². The van der Waals surface area contributed by atoms with Crippen molar-refractivity contribution in [2.45, 2.75) is 19.5 Å². The number of carbonyl (C=O) groups is 1. The molecule has 0 saturated carbocycles. The van der Waals surface area contributed by atoms with Crippen LogP contribution in [0.3, 0.4) is 0 Å². The highest BCUT2D eigenvalue weighted by molar-refractivity contribution is 7.90. The molecule has 1 amide bonds. The van der Waals surface area contributed by atoms with Gasteiger partial charge in [0.05, 0.1) is 18.2 Å². The fraction of sp³-hybridized carbons (Fsp3) is 0.190. The van der Waals surface area contributed by atoms with Crippen LogP contribution in [-0.4, -0.2) is 36.4 Å². The summed E-state index contributed by atoms with van der Waals surface area (Å²) in [5, 5.41) is 0. The summed E-state index contributed by atoms with van der Waals surface area (Å²) >= 11 is 0. The van der Waals surface area contributed by atoms with E-state index in [1.165, 1.54) is 31.3 Å². The molecule has 35 heavy (non-hydrogen) atoms. The van der Waals surface area contributed by atoms with Crippen molar-refractivity contribution in [3.05, 3.63) is 71.3 Å². The zero-order chi connectivity index (χ0) is 25.3. The smallest absolute Gasteiger partial charge is 0.416 e. The molecule has 0 spiro atoms. The molecule has 10 nitrogen and oxygen atoms in total. The Labute approximate surface area is 197 Å². The third-order valence-electron chi connectivity index (χ3n) is 5.13. The monoisotopic (exact) mass is 509 g/mol. The standard InChI is InChI=1S/C21H18F3N5O5S/c1-11-17-15(23)8-13(33-20-14(22)4-3-6-27-20)9-16(17)34-21(30)29(11)10-12-5-7-26-19(18(12)24)28-35(31,32)25-2/h3-9,11,25H,10H2,1-2H3,(H,26,28)/t11-/m1/s1. The number of hydrogen-bond donors (Lipinski definition) is 2. The van der Waals surface area contributed by atoms with E-state index in [9.17, 15) is 22.0 Å². The summed E-state index contributed by atoms with van der Waals surface area (Å²) in [6.45, 7) is 1.13. The number of rotatable bonds is 7. The third kappa shape index (κ3) is 4.97. The van der Waals surface area contributed by atoms with Gasteiger partial charge in [0.1, 0.15) is 17.3 Å². The fourth-order valence-electron chi connectivity index (χ4n) is 3.38. The summed E-state index contributed by atoms with van der Waals surface area (Å²) in [5.41, 5.74) is -0.101. The van der Waals surface area contributed by atoms with Crippen molar-refractivity contribution in [1.29, 1.82) is 0 Å². The highest BCUT2D eigenvalue weighted by Gasteiger charge is 2.35. The second-order valence-electron chi connectivity index (χ2n) is 7.32. The summed E-state index contributed by atoms with van der Waals surface area (Å²) in [5.74, 6) is -3.85. The zero-order valence-corrected chi connectivity index (χ0v) is 19.1. The van der Waals surface area contributed by atoms with Gasteiger partial charge in [-0.3, -0.25) is 9.62 Å². The number of carbonyl (C=O) groups excluding carboxylic acids is 1. The quantitative estimate of drug-likeness (QED) is 0.499. The number of benzene rings is 1. The lowest BCUT2D eigenvalue weighted by molar-refractivity contribution is 0.114. The van der Waals surface area contributed by atoms with Crippen LogP contribution < -0.4 is 18.9 Å². The SMILES string of the molecule is CNS(=O)(=O)Nc1nccc(CN2C(=O)Oc3cc(Oc4ncccc4F)cc(F)c3[C@H]2C)c1F. The zero-order valence-electron chi connectivity index (χ0n) is 18.3. The second-order valence-corrected chi connectivity index (χ2v) is 8.94. The molecule has 0 bridgehead atoms. The number of nitrogens with zero attached hydrogens (tertiary/aromatic N) is 3. The summed E-state index contributed by atoms with van der Waals surface area (Å²) in [7, 11) is -2.91. The Kier molecular flexibility index (Phi) is 6.49. The van der Waals surface area contributed by atoms with Crippen LogP contribution in [0.4, 0.5) is 23.8 Å². The van der Waals surface area contributed by atoms with Crippen molar-refractivity contribution in [2.24, 2.45) is 0 Å². The number of halogens is 3. The molecular formula is C21H18F3N5O5S. The van der Waals surface area contributed by atoms with E-state index in [1.54, 1.807) is 0 Å². The molecule has 1 aliphatic rings. The lowest BCUT2D eigenvalue weighted by atomic mass is 10.0. The Hall–Kier alpha value is -3.91. The maximum Gasteiger partial charge on any atom is 0.416 e. The number of fused-ring (bicyclic) bond motifs is 1. The Balaban J connectivity index is 1.61. The summed E-state index contributed by atoms with van der Waals surface area (Å²) in [6.07, 6.45) is 1.53. The highest BCUT2D eigenvalue weighted by atomic mass is 32.2. The Morgan fingerprint density at radius 3 is 2.63 bits per heavy atom. The largest absolute Gasteiger partial charge is 0.436 e. The maximum atomic E-state index is 15.0. The fourth-order valence-corrected chi connectivity index (χ4v) is 3.88. The van der Waals surface area contributed by atoms with Gasteiger partial charge < -0.3 is 9.47 Å². The molecule has 0 aliphatic carbocycles. The molecule has 2 N–H and O–H groups in total. The van der Waals surface area contributed by atoms with Gasteiger partial charge in [-0.15, -0.1) is 0 Å². The molecule has 0 radical (unpaired) electrons. The first kappa shape index (κ1) is 24.2. The molecule has 3 aromatic rings. The highest BCUT2D eigenvalue weighted by Crippen LogP contribution is 2.41. The number of hydrogen-bond acceptors (Lipinski definition) is 7. The minimum atomic E-state index is -4.04. The first-order valence-corrected chi connectivity index (χ1v) is 11.5. The van der Waals surface area contributed by atoms with Crippen molar-refractivity contribution in [3.63, 3.8) is 0 Å². The van der Waals surface area contributed by atoms with E-state index in [0.717, 1.165) is 30.3 Å². The molecule has 0 unspecified atom stereocenters. The van der Waals surface area contributed by atoms with Gasteiger partial charge in [0.25, 0.3) is 16.1 Å². The van der Waals surface area contributed by atoms with Gasteiger partial charge in [0.15, 0.2) is 17.5 Å². The second kappa shape index (κ2) is 9.38. The van der Waals surface area contributed by atoms with E-state index in [4.69, 9.17) is 9.47 Å². The maximum absolute atomic E-state index is 15.0. The normalized spacial score (nSPS) is 15.4. The van der Waals surface area contributed by atoms with E-state index in [2.05, 4.69) is 9.97 Å². The summed E-state index contributed by atoms with van der Waals surface area (Å²) in [4.78, 5) is 21.1. The summed E-state index contributed by atoms with van der Waals surface area (Å²) < 4.78 is 81.5. The first-order valence-electron chi connectivity index (χ1n) is 10.0. The Morgan fingerprint density at radius 2 is 1.91 bits per heavy atom. The minimum Gasteiger partial charge on any atom is -0.436 e. The lowest BCUT2D eigenvalue weighted by Crippen LogP contribution is -2.40. The van der Waals surface area contributed by atoms with Crippen molar-refractivity contribution in [1.82, 2.24) is 19.6 Å². The number of aromatic nitrogens is 2. The molecule has 184 valence electrons. The van der Waals surface area contributed by atoms with E-state index in [0.29, 0.717) is 0 Å². The molecule has 14 heteroatoms. The van der Waals surface area contributed by atoms with Gasteiger partial charge >= 0.3 is 6.09 Å². The molecule has 1 atom stereocenters. The molecule has 0 fully saturated rings. The van der Waals surface area contributed by atoms with Crippen LogP contribution in [0.5, 0.6) is 17.4 Å². The van der Waals surface area contributed by atoms with Crippen LogP contribution >= 0.6 is 0 Å². The van der Waals surface area contributed by atoms with Crippen LogP contribution in [-0.2, 0) is 16.8 Å². The lowest BCUT2D eigenvalue weighted by Gasteiger charge is -2.34. The number of ether oxygens (including phenoxy) is 2. The van der Waals surface area contributed by atoms with Crippen LogP contribution in [0.15, 0.2) is 42.7 Å². The Bertz CT molecular complexity index is 1410. The number of nitrogens with one attached hydrogen (secondary N) is 2. The van der Waals surface area contributed by atoms with E-state index >= 15 is 4.39 Å². The predicted octanol–water partition coefficient (Wildman–Crippen LogP) is 3.64. The minimum absolute atomic E-state index is 0.0102. The molecule has 3 heterocycles. The average Bonchev–Trinajstić information content (AvgIpc) is 2.80.